The number of piperidine rings is 1. The molecule has 0 radical (unpaired) electrons. The zero-order valence-corrected chi connectivity index (χ0v) is 17.0. The van der Waals surface area contributed by atoms with Crippen molar-refractivity contribution in [1.29, 1.82) is 0 Å². The molecule has 0 spiro atoms. The summed E-state index contributed by atoms with van der Waals surface area (Å²) in [6.45, 7) is 3.44. The number of para-hydroxylation sites is 1. The van der Waals surface area contributed by atoms with E-state index in [0.29, 0.717) is 37.8 Å². The number of nitrogens with one attached hydrogen (secondary N) is 1. The van der Waals surface area contributed by atoms with Gasteiger partial charge in [0.1, 0.15) is 5.76 Å². The molecule has 7 nitrogen and oxygen atoms in total. The van der Waals surface area contributed by atoms with Crippen LogP contribution in [0.25, 0.3) is 21.0 Å². The first-order valence-corrected chi connectivity index (χ1v) is 10.6. The third-order valence-corrected chi connectivity index (χ3v) is 5.97. The monoisotopic (exact) mass is 413 g/mol. The lowest BCUT2D eigenvalue weighted by atomic mass is 9.97. The van der Waals surface area contributed by atoms with Gasteiger partial charge in [-0.25, -0.2) is 9.78 Å². The molecule has 1 atom stereocenters. The van der Waals surface area contributed by atoms with Crippen LogP contribution >= 0.6 is 11.3 Å². The smallest absolute Gasteiger partial charge is 0.409 e. The molecule has 1 aliphatic heterocycles. The average molecular weight is 413 g/mol. The van der Waals surface area contributed by atoms with E-state index in [1.807, 2.05) is 36.4 Å². The summed E-state index contributed by atoms with van der Waals surface area (Å²) < 4.78 is 12.0. The van der Waals surface area contributed by atoms with Crippen molar-refractivity contribution in [1.82, 2.24) is 15.2 Å². The number of fused-ring (bicyclic) bond motifs is 1. The van der Waals surface area contributed by atoms with Crippen LogP contribution in [0.3, 0.4) is 0 Å². The van der Waals surface area contributed by atoms with Crippen LogP contribution < -0.4 is 5.32 Å². The Labute approximate surface area is 172 Å². The van der Waals surface area contributed by atoms with E-state index >= 15 is 0 Å². The lowest BCUT2D eigenvalue weighted by Gasteiger charge is -2.31. The van der Waals surface area contributed by atoms with Gasteiger partial charge >= 0.3 is 6.09 Å². The van der Waals surface area contributed by atoms with Gasteiger partial charge in [0.2, 0.25) is 5.91 Å². The number of furan rings is 1. The fourth-order valence-corrected chi connectivity index (χ4v) is 4.38. The van der Waals surface area contributed by atoms with Gasteiger partial charge in [0.15, 0.2) is 10.8 Å². The standard InChI is InChI=1S/C21H23N3O4S/c1-2-27-21(26)24-11-5-6-14(13-24)19(25)22-12-15-9-10-17(28-15)20-23-16-7-3-4-8-18(16)29-20/h3-4,7-10,14H,2,5-6,11-13H2,1H3,(H,22,25)/t14-/m1/s1. The van der Waals surface area contributed by atoms with Gasteiger partial charge in [-0.3, -0.25) is 4.79 Å². The van der Waals surface area contributed by atoms with Crippen LogP contribution in [-0.4, -0.2) is 41.6 Å². The molecule has 29 heavy (non-hydrogen) atoms. The molecule has 4 rings (SSSR count). The number of carbonyl (C=O) groups excluding carboxylic acids is 2. The van der Waals surface area contributed by atoms with Crippen LogP contribution in [0.2, 0.25) is 0 Å². The van der Waals surface area contributed by atoms with E-state index in [0.717, 1.165) is 28.1 Å². The number of thiazole rings is 1. The first-order chi connectivity index (χ1) is 14.1. The number of aromatic nitrogens is 1. The number of amides is 2. The maximum absolute atomic E-state index is 12.5. The maximum atomic E-state index is 12.5. The van der Waals surface area contributed by atoms with E-state index < -0.39 is 0 Å². The normalized spacial score (nSPS) is 16.7. The van der Waals surface area contributed by atoms with Gasteiger partial charge in [0.05, 0.1) is 29.3 Å². The second-order valence-corrected chi connectivity index (χ2v) is 7.99. The molecule has 2 amide bonds. The molecule has 0 bridgehead atoms. The highest BCUT2D eigenvalue weighted by molar-refractivity contribution is 7.21. The first-order valence-electron chi connectivity index (χ1n) is 9.78. The number of benzene rings is 1. The molecule has 1 N–H and O–H groups in total. The minimum Gasteiger partial charge on any atom is -0.457 e. The first kappa shape index (κ1) is 19.4. The molecule has 1 aliphatic rings. The molecule has 0 aliphatic carbocycles. The van der Waals surface area contributed by atoms with Crippen molar-refractivity contribution >= 4 is 33.6 Å². The molecule has 2 aromatic heterocycles. The average Bonchev–Trinajstić information content (AvgIpc) is 3.39. The topological polar surface area (TPSA) is 84.7 Å². The molecule has 3 heterocycles. The van der Waals surface area contributed by atoms with Gasteiger partial charge in [-0.15, -0.1) is 11.3 Å². The van der Waals surface area contributed by atoms with Crippen molar-refractivity contribution in [2.75, 3.05) is 19.7 Å². The largest absolute Gasteiger partial charge is 0.457 e. The van der Waals surface area contributed by atoms with Crippen molar-refractivity contribution < 1.29 is 18.7 Å². The number of rotatable bonds is 5. The number of carbonyl (C=O) groups is 2. The second kappa shape index (κ2) is 8.65. The van der Waals surface area contributed by atoms with Crippen molar-refractivity contribution in [2.45, 2.75) is 26.3 Å². The highest BCUT2D eigenvalue weighted by Gasteiger charge is 2.29. The lowest BCUT2D eigenvalue weighted by molar-refractivity contribution is -0.126. The van der Waals surface area contributed by atoms with Gasteiger partial charge in [-0.1, -0.05) is 12.1 Å². The molecule has 1 fully saturated rings. The Bertz CT molecular complexity index is 979. The van der Waals surface area contributed by atoms with E-state index in [1.165, 1.54) is 0 Å². The van der Waals surface area contributed by atoms with Gasteiger partial charge in [-0.2, -0.15) is 0 Å². The van der Waals surface area contributed by atoms with E-state index in [2.05, 4.69) is 10.3 Å². The lowest BCUT2D eigenvalue weighted by Crippen LogP contribution is -2.45. The van der Waals surface area contributed by atoms with Gasteiger partial charge in [-0.05, 0) is 44.0 Å². The maximum Gasteiger partial charge on any atom is 0.409 e. The zero-order valence-electron chi connectivity index (χ0n) is 16.2. The van der Waals surface area contributed by atoms with Crippen LogP contribution in [0.1, 0.15) is 25.5 Å². The molecule has 1 aromatic carbocycles. The Morgan fingerprint density at radius 3 is 3.00 bits per heavy atom. The van der Waals surface area contributed by atoms with Crippen LogP contribution in [-0.2, 0) is 16.1 Å². The summed E-state index contributed by atoms with van der Waals surface area (Å²) >= 11 is 1.58. The highest BCUT2D eigenvalue weighted by Crippen LogP contribution is 2.31. The van der Waals surface area contributed by atoms with Crippen molar-refractivity contribution in [3.63, 3.8) is 0 Å². The number of ether oxygens (including phenoxy) is 1. The molecule has 8 heteroatoms. The Morgan fingerprint density at radius 2 is 2.17 bits per heavy atom. The molecular formula is C21H23N3O4S. The predicted octanol–water partition coefficient (Wildman–Crippen LogP) is 4.04. The summed E-state index contributed by atoms with van der Waals surface area (Å²) in [5.74, 6) is 1.07. The number of hydrogen-bond donors (Lipinski definition) is 1. The van der Waals surface area contributed by atoms with Crippen LogP contribution in [0, 0.1) is 5.92 Å². The SMILES string of the molecule is CCOC(=O)N1CCC[C@@H](C(=O)NCc2ccc(-c3nc4ccccc4s3)o2)C1. The molecule has 1 saturated heterocycles. The number of nitrogens with zero attached hydrogens (tertiary/aromatic N) is 2. The van der Waals surface area contributed by atoms with Crippen molar-refractivity contribution in [2.24, 2.45) is 5.92 Å². The van der Waals surface area contributed by atoms with E-state index in [-0.39, 0.29) is 17.9 Å². The van der Waals surface area contributed by atoms with E-state index in [4.69, 9.17) is 9.15 Å². The van der Waals surface area contributed by atoms with Gasteiger partial charge < -0.3 is 19.4 Å². The Morgan fingerprint density at radius 1 is 1.31 bits per heavy atom. The molecular weight excluding hydrogens is 390 g/mol. The quantitative estimate of drug-likeness (QED) is 0.682. The Balaban J connectivity index is 1.34. The molecule has 3 aromatic rings. The summed E-state index contributed by atoms with van der Waals surface area (Å²) in [5, 5.41) is 3.74. The minimum absolute atomic E-state index is 0.0723. The van der Waals surface area contributed by atoms with Crippen LogP contribution in [0.5, 0.6) is 0 Å². The Kier molecular flexibility index (Phi) is 5.80. The third-order valence-electron chi connectivity index (χ3n) is 4.92. The highest BCUT2D eigenvalue weighted by atomic mass is 32.1. The zero-order chi connectivity index (χ0) is 20.2. The molecule has 0 saturated carbocycles. The van der Waals surface area contributed by atoms with Crippen molar-refractivity contribution in [3.8, 4) is 10.8 Å². The molecule has 152 valence electrons. The van der Waals surface area contributed by atoms with Gasteiger partial charge in [0.25, 0.3) is 0 Å². The van der Waals surface area contributed by atoms with E-state index in [9.17, 15) is 9.59 Å². The van der Waals surface area contributed by atoms with E-state index in [1.54, 1.807) is 23.2 Å². The number of likely N-dealkylation sites (tertiary alicyclic amines) is 1. The molecule has 0 unspecified atom stereocenters. The number of hydrogen-bond acceptors (Lipinski definition) is 6. The predicted molar refractivity (Wildman–Crippen MR) is 110 cm³/mol. The van der Waals surface area contributed by atoms with Crippen LogP contribution in [0.15, 0.2) is 40.8 Å². The summed E-state index contributed by atoms with van der Waals surface area (Å²) in [7, 11) is 0. The second-order valence-electron chi connectivity index (χ2n) is 6.95. The summed E-state index contributed by atoms with van der Waals surface area (Å²) in [5.41, 5.74) is 0.946. The summed E-state index contributed by atoms with van der Waals surface area (Å²) in [4.78, 5) is 30.6. The summed E-state index contributed by atoms with van der Waals surface area (Å²) in [6.07, 6.45) is 1.20. The third kappa shape index (κ3) is 4.42. The summed E-state index contributed by atoms with van der Waals surface area (Å²) in [6, 6.07) is 11.7. The van der Waals surface area contributed by atoms with Gasteiger partial charge in [0, 0.05) is 13.1 Å². The van der Waals surface area contributed by atoms with Crippen molar-refractivity contribution in [3.05, 3.63) is 42.2 Å². The Hall–Kier alpha value is -2.87. The minimum atomic E-state index is -0.350. The fraction of sp³-hybridized carbons (Fsp3) is 0.381. The fourth-order valence-electron chi connectivity index (χ4n) is 3.46. The van der Waals surface area contributed by atoms with Crippen LogP contribution in [0.4, 0.5) is 4.79 Å².